The first-order valence-corrected chi connectivity index (χ1v) is 7.68. The molecule has 0 aliphatic heterocycles. The first-order valence-electron chi connectivity index (χ1n) is 7.30. The number of nitrogens with one attached hydrogen (secondary N) is 1. The molecule has 0 aliphatic carbocycles. The fourth-order valence-corrected chi connectivity index (χ4v) is 2.77. The van der Waals surface area contributed by atoms with Crippen molar-refractivity contribution in [2.75, 3.05) is 14.2 Å². The van der Waals surface area contributed by atoms with Crippen molar-refractivity contribution in [2.24, 2.45) is 0 Å². The van der Waals surface area contributed by atoms with Gasteiger partial charge in [-0.2, -0.15) is 0 Å². The lowest BCUT2D eigenvalue weighted by Gasteiger charge is -2.14. The molecule has 1 N–H and O–H groups in total. The Hall–Kier alpha value is -2.24. The van der Waals surface area contributed by atoms with Gasteiger partial charge in [0.25, 0.3) is 0 Å². The summed E-state index contributed by atoms with van der Waals surface area (Å²) in [6.07, 6.45) is 0. The predicted molar refractivity (Wildman–Crippen MR) is 89.1 cm³/mol. The summed E-state index contributed by atoms with van der Waals surface area (Å²) in [4.78, 5) is 13.2. The van der Waals surface area contributed by atoms with Gasteiger partial charge in [-0.1, -0.05) is 11.6 Å². The Morgan fingerprint density at radius 3 is 2.65 bits per heavy atom. The first kappa shape index (κ1) is 15.6. The molecule has 1 aromatic heterocycles. The zero-order valence-electron chi connectivity index (χ0n) is 13.0. The number of rotatable bonds is 5. The van der Waals surface area contributed by atoms with Gasteiger partial charge < -0.3 is 14.1 Å². The Labute approximate surface area is 138 Å². The van der Waals surface area contributed by atoms with Crippen LogP contribution in [0, 0.1) is 0 Å². The summed E-state index contributed by atoms with van der Waals surface area (Å²) in [5.74, 6) is 0.469. The van der Waals surface area contributed by atoms with Crippen LogP contribution in [0.1, 0.15) is 5.56 Å². The number of halogens is 1. The number of fused-ring (bicyclic) bond motifs is 1. The maximum Gasteiger partial charge on any atom is 0.424 e. The summed E-state index contributed by atoms with van der Waals surface area (Å²) in [5, 5.41) is 0.553. The Morgan fingerprint density at radius 2 is 1.96 bits per heavy atom. The Morgan fingerprint density at radius 1 is 1.22 bits per heavy atom. The zero-order chi connectivity index (χ0) is 16.4. The van der Waals surface area contributed by atoms with Crippen molar-refractivity contribution in [3.05, 3.63) is 63.6 Å². The number of quaternary nitrogens is 1. The fraction of sp³-hybridized carbons (Fsp3) is 0.235. The third kappa shape index (κ3) is 3.41. The summed E-state index contributed by atoms with van der Waals surface area (Å²) in [6, 6.07) is 13.1. The van der Waals surface area contributed by atoms with E-state index in [1.807, 2.05) is 37.4 Å². The van der Waals surface area contributed by atoms with Crippen LogP contribution >= 0.6 is 11.6 Å². The van der Waals surface area contributed by atoms with Gasteiger partial charge in [0.15, 0.2) is 12.3 Å². The topological polar surface area (TPSA) is 48.8 Å². The lowest BCUT2D eigenvalue weighted by molar-refractivity contribution is -0.916. The number of hydrogen-bond donors (Lipinski definition) is 1. The third-order valence-electron chi connectivity index (χ3n) is 3.72. The minimum Gasteiger partial charge on any atom is -0.497 e. The van der Waals surface area contributed by atoms with E-state index in [0.29, 0.717) is 17.3 Å². The van der Waals surface area contributed by atoms with Gasteiger partial charge in [0.1, 0.15) is 12.3 Å². The van der Waals surface area contributed by atoms with Gasteiger partial charge in [0.05, 0.1) is 19.7 Å². The van der Waals surface area contributed by atoms with E-state index < -0.39 is 0 Å². The highest BCUT2D eigenvalue weighted by Gasteiger charge is 2.13. The molecule has 120 valence electrons. The molecular formula is C17H18ClN2O3+. The molecule has 0 fully saturated rings. The molecule has 5 nitrogen and oxygen atoms in total. The summed E-state index contributed by atoms with van der Waals surface area (Å²) >= 11 is 5.93. The van der Waals surface area contributed by atoms with E-state index >= 15 is 0 Å². The van der Waals surface area contributed by atoms with E-state index in [9.17, 15) is 4.79 Å². The van der Waals surface area contributed by atoms with Crippen LogP contribution in [0.5, 0.6) is 5.75 Å². The number of benzene rings is 2. The van der Waals surface area contributed by atoms with E-state index in [2.05, 4.69) is 0 Å². The number of oxazole rings is 1. The fourth-order valence-electron chi connectivity index (χ4n) is 2.61. The Kier molecular flexibility index (Phi) is 4.41. The molecule has 3 aromatic rings. The first-order chi connectivity index (χ1) is 11.1. The van der Waals surface area contributed by atoms with Gasteiger partial charge in [-0.15, -0.1) is 0 Å². The standard InChI is InChI=1S/C17H17ClN2O3/c1-19(10-12-3-6-14(22-2)7-4-12)11-20-15-8-5-13(18)9-16(15)23-17(20)21/h3-9H,10-11H2,1-2H3/p+1. The minimum atomic E-state index is -0.364. The molecule has 0 aliphatic rings. The molecule has 1 heterocycles. The second-order valence-electron chi connectivity index (χ2n) is 5.55. The Balaban J connectivity index is 1.78. The van der Waals surface area contributed by atoms with Crippen LogP contribution in [-0.4, -0.2) is 18.7 Å². The number of aromatic nitrogens is 1. The van der Waals surface area contributed by atoms with Crippen molar-refractivity contribution in [3.63, 3.8) is 0 Å². The smallest absolute Gasteiger partial charge is 0.424 e. The van der Waals surface area contributed by atoms with E-state index in [1.165, 1.54) is 5.56 Å². The van der Waals surface area contributed by atoms with E-state index in [1.54, 1.807) is 23.8 Å². The second kappa shape index (κ2) is 6.48. The van der Waals surface area contributed by atoms with Gasteiger partial charge in [-0.05, 0) is 36.4 Å². The lowest BCUT2D eigenvalue weighted by Crippen LogP contribution is -3.07. The molecule has 0 saturated carbocycles. The van der Waals surface area contributed by atoms with Crippen molar-refractivity contribution >= 4 is 22.7 Å². The quantitative estimate of drug-likeness (QED) is 0.776. The lowest BCUT2D eigenvalue weighted by atomic mass is 10.2. The normalized spacial score (nSPS) is 12.5. The number of methoxy groups -OCH3 is 1. The maximum atomic E-state index is 12.0. The monoisotopic (exact) mass is 333 g/mol. The van der Waals surface area contributed by atoms with Gasteiger partial charge >= 0.3 is 5.76 Å². The van der Waals surface area contributed by atoms with Crippen LogP contribution in [0.25, 0.3) is 11.1 Å². The molecule has 0 saturated heterocycles. The average molecular weight is 334 g/mol. The van der Waals surface area contributed by atoms with Gasteiger partial charge in [0, 0.05) is 16.7 Å². The van der Waals surface area contributed by atoms with Crippen LogP contribution in [0.2, 0.25) is 5.02 Å². The van der Waals surface area contributed by atoms with Crippen molar-refractivity contribution < 1.29 is 14.1 Å². The molecule has 2 aromatic carbocycles. The van der Waals surface area contributed by atoms with Crippen molar-refractivity contribution in [2.45, 2.75) is 13.2 Å². The Bertz CT molecular complexity index is 868. The molecule has 1 atom stereocenters. The number of nitrogens with zero attached hydrogens (tertiary/aromatic N) is 1. The second-order valence-corrected chi connectivity index (χ2v) is 5.98. The van der Waals surface area contributed by atoms with Gasteiger partial charge in [-0.3, -0.25) is 0 Å². The van der Waals surface area contributed by atoms with E-state index in [4.69, 9.17) is 20.8 Å². The third-order valence-corrected chi connectivity index (χ3v) is 3.96. The molecular weight excluding hydrogens is 316 g/mol. The average Bonchev–Trinajstić information content (AvgIpc) is 2.83. The highest BCUT2D eigenvalue weighted by atomic mass is 35.5. The SMILES string of the molecule is COc1ccc(C[NH+](C)Cn2c(=O)oc3cc(Cl)ccc32)cc1. The van der Waals surface area contributed by atoms with Crippen LogP contribution in [0.15, 0.2) is 51.7 Å². The minimum absolute atomic E-state index is 0.364. The summed E-state index contributed by atoms with van der Waals surface area (Å²) in [6.45, 7) is 1.30. The van der Waals surface area contributed by atoms with Crippen LogP contribution in [0.3, 0.4) is 0 Å². The van der Waals surface area contributed by atoms with Crippen LogP contribution in [-0.2, 0) is 13.2 Å². The molecule has 23 heavy (non-hydrogen) atoms. The van der Waals surface area contributed by atoms with Crippen molar-refractivity contribution in [1.82, 2.24) is 4.57 Å². The maximum absolute atomic E-state index is 12.0. The molecule has 0 amide bonds. The highest BCUT2D eigenvalue weighted by molar-refractivity contribution is 6.31. The summed E-state index contributed by atoms with van der Waals surface area (Å²) < 4.78 is 12.0. The summed E-state index contributed by atoms with van der Waals surface area (Å²) in [5.41, 5.74) is 2.44. The largest absolute Gasteiger partial charge is 0.497 e. The molecule has 0 bridgehead atoms. The molecule has 3 rings (SSSR count). The number of hydrogen-bond acceptors (Lipinski definition) is 3. The van der Waals surface area contributed by atoms with Gasteiger partial charge in [0.2, 0.25) is 0 Å². The molecule has 1 unspecified atom stereocenters. The van der Waals surface area contributed by atoms with Crippen LogP contribution < -0.4 is 15.4 Å². The van der Waals surface area contributed by atoms with Crippen molar-refractivity contribution in [3.8, 4) is 5.75 Å². The van der Waals surface area contributed by atoms with E-state index in [-0.39, 0.29) is 5.76 Å². The highest BCUT2D eigenvalue weighted by Crippen LogP contribution is 2.17. The van der Waals surface area contributed by atoms with Crippen LogP contribution in [0.4, 0.5) is 0 Å². The summed E-state index contributed by atoms with van der Waals surface area (Å²) in [7, 11) is 3.68. The predicted octanol–water partition coefficient (Wildman–Crippen LogP) is 1.93. The van der Waals surface area contributed by atoms with Gasteiger partial charge in [-0.25, -0.2) is 9.36 Å². The molecule has 0 spiro atoms. The molecule has 6 heteroatoms. The van der Waals surface area contributed by atoms with E-state index in [0.717, 1.165) is 22.7 Å². The van der Waals surface area contributed by atoms with Crippen molar-refractivity contribution in [1.29, 1.82) is 0 Å². The molecule has 0 radical (unpaired) electrons. The zero-order valence-corrected chi connectivity index (χ0v) is 13.8. The number of ether oxygens (including phenoxy) is 1.